The van der Waals surface area contributed by atoms with Crippen LogP contribution < -0.4 is 4.72 Å². The molecule has 1 fully saturated rings. The molecule has 0 bridgehead atoms. The van der Waals surface area contributed by atoms with Crippen molar-refractivity contribution in [1.29, 1.82) is 0 Å². The first-order chi connectivity index (χ1) is 10.3. The van der Waals surface area contributed by atoms with Crippen molar-refractivity contribution in [2.45, 2.75) is 64.9 Å². The van der Waals surface area contributed by atoms with Crippen LogP contribution in [0.25, 0.3) is 0 Å². The number of nitrogens with one attached hydrogen (secondary N) is 1. The molecule has 22 heavy (non-hydrogen) atoms. The number of rotatable bonds is 5. The number of benzene rings is 1. The van der Waals surface area contributed by atoms with Gasteiger partial charge in [-0.2, -0.15) is 0 Å². The summed E-state index contributed by atoms with van der Waals surface area (Å²) in [5.41, 5.74) is 4.99. The monoisotopic (exact) mass is 325 g/mol. The first-order valence-corrected chi connectivity index (χ1v) is 9.42. The molecule has 1 aromatic rings. The molecule has 2 rings (SSSR count). The van der Waals surface area contributed by atoms with Gasteiger partial charge in [0, 0.05) is 13.2 Å². The molecule has 5 heteroatoms. The van der Waals surface area contributed by atoms with Crippen molar-refractivity contribution in [2.75, 3.05) is 13.2 Å². The minimum atomic E-state index is -3.48. The van der Waals surface area contributed by atoms with Crippen LogP contribution in [0.15, 0.2) is 4.90 Å². The van der Waals surface area contributed by atoms with Gasteiger partial charge in [0.2, 0.25) is 10.0 Å². The highest BCUT2D eigenvalue weighted by Gasteiger charge is 2.24. The van der Waals surface area contributed by atoms with Gasteiger partial charge in [0.1, 0.15) is 0 Å². The molecule has 0 spiro atoms. The predicted molar refractivity (Wildman–Crippen MR) is 88.9 cm³/mol. The molecule has 0 aliphatic carbocycles. The van der Waals surface area contributed by atoms with Gasteiger partial charge >= 0.3 is 0 Å². The maximum Gasteiger partial charge on any atom is 0.241 e. The van der Waals surface area contributed by atoms with E-state index in [9.17, 15) is 8.42 Å². The fourth-order valence-corrected chi connectivity index (χ4v) is 4.81. The summed E-state index contributed by atoms with van der Waals surface area (Å²) in [6.07, 6.45) is 3.04. The lowest BCUT2D eigenvalue weighted by Gasteiger charge is -2.19. The van der Waals surface area contributed by atoms with Crippen LogP contribution in [0.5, 0.6) is 0 Å². The maximum atomic E-state index is 12.7. The zero-order chi connectivity index (χ0) is 16.5. The molecule has 1 aliphatic rings. The lowest BCUT2D eigenvalue weighted by atomic mass is 9.95. The van der Waals surface area contributed by atoms with E-state index in [0.29, 0.717) is 11.4 Å². The Labute approximate surface area is 134 Å². The average Bonchev–Trinajstić information content (AvgIpc) is 2.96. The zero-order valence-electron chi connectivity index (χ0n) is 14.2. The van der Waals surface area contributed by atoms with Crippen molar-refractivity contribution in [3.8, 4) is 0 Å². The maximum absolute atomic E-state index is 12.7. The van der Waals surface area contributed by atoms with Crippen LogP contribution in [0.4, 0.5) is 0 Å². The van der Waals surface area contributed by atoms with Crippen molar-refractivity contribution in [3.63, 3.8) is 0 Å². The molecule has 1 atom stereocenters. The molecule has 1 N–H and O–H groups in total. The van der Waals surface area contributed by atoms with Gasteiger partial charge in [0.05, 0.1) is 11.0 Å². The lowest BCUT2D eigenvalue weighted by molar-refractivity contribution is 0.105. The number of ether oxygens (including phenoxy) is 1. The molecule has 4 nitrogen and oxygen atoms in total. The fraction of sp³-hybridized carbons (Fsp3) is 0.647. The SMILES string of the molecule is Cc1c(C)c(C)c(S(=O)(=O)NCCC2CCCO2)c(C)c1C. The first kappa shape index (κ1) is 17.4. The van der Waals surface area contributed by atoms with Gasteiger partial charge in [-0.1, -0.05) is 0 Å². The van der Waals surface area contributed by atoms with Crippen LogP contribution >= 0.6 is 0 Å². The topological polar surface area (TPSA) is 55.4 Å². The Morgan fingerprint density at radius 1 is 1.00 bits per heavy atom. The predicted octanol–water partition coefficient (Wildman–Crippen LogP) is 3.08. The van der Waals surface area contributed by atoms with Crippen LogP contribution in [0, 0.1) is 34.6 Å². The second-order valence-electron chi connectivity index (χ2n) is 6.28. The van der Waals surface area contributed by atoms with Crippen LogP contribution in [-0.2, 0) is 14.8 Å². The Morgan fingerprint density at radius 2 is 1.55 bits per heavy atom. The van der Waals surface area contributed by atoms with Gasteiger partial charge in [-0.15, -0.1) is 0 Å². The molecule has 0 radical (unpaired) electrons. The third-order valence-corrected chi connectivity index (χ3v) is 6.72. The normalized spacial score (nSPS) is 18.9. The summed E-state index contributed by atoms with van der Waals surface area (Å²) < 4.78 is 33.7. The first-order valence-electron chi connectivity index (χ1n) is 7.94. The average molecular weight is 325 g/mol. The van der Waals surface area contributed by atoms with E-state index in [1.807, 2.05) is 34.6 Å². The number of hydrogen-bond acceptors (Lipinski definition) is 3. The Hall–Kier alpha value is -0.910. The third-order valence-electron chi connectivity index (χ3n) is 4.98. The molecule has 0 amide bonds. The van der Waals surface area contributed by atoms with Crippen LogP contribution in [0.1, 0.15) is 47.1 Å². The van der Waals surface area contributed by atoms with Crippen molar-refractivity contribution in [1.82, 2.24) is 4.72 Å². The molecule has 1 aromatic carbocycles. The highest BCUT2D eigenvalue weighted by Crippen LogP contribution is 2.29. The smallest absolute Gasteiger partial charge is 0.241 e. The van der Waals surface area contributed by atoms with Crippen molar-refractivity contribution >= 4 is 10.0 Å². The summed E-state index contributed by atoms with van der Waals surface area (Å²) in [7, 11) is -3.48. The summed E-state index contributed by atoms with van der Waals surface area (Å²) >= 11 is 0. The summed E-state index contributed by atoms with van der Waals surface area (Å²) in [5, 5.41) is 0. The lowest BCUT2D eigenvalue weighted by Crippen LogP contribution is -2.29. The van der Waals surface area contributed by atoms with Gasteiger partial charge in [-0.3, -0.25) is 0 Å². The second kappa shape index (κ2) is 6.69. The van der Waals surface area contributed by atoms with E-state index in [2.05, 4.69) is 4.72 Å². The summed E-state index contributed by atoms with van der Waals surface area (Å²) in [4.78, 5) is 0.445. The Kier molecular flexibility index (Phi) is 5.30. The van der Waals surface area contributed by atoms with Gasteiger partial charge < -0.3 is 4.74 Å². The zero-order valence-corrected chi connectivity index (χ0v) is 15.1. The van der Waals surface area contributed by atoms with Crippen LogP contribution in [-0.4, -0.2) is 27.7 Å². The number of sulfonamides is 1. The second-order valence-corrected chi connectivity index (χ2v) is 7.98. The molecule has 1 unspecified atom stereocenters. The molecular formula is C17H27NO3S. The minimum Gasteiger partial charge on any atom is -0.378 e. The summed E-state index contributed by atoms with van der Waals surface area (Å²) in [6.45, 7) is 11.0. The molecule has 1 aliphatic heterocycles. The molecule has 1 saturated heterocycles. The largest absolute Gasteiger partial charge is 0.378 e. The Balaban J connectivity index is 2.22. The van der Waals surface area contributed by atoms with Crippen molar-refractivity contribution in [2.24, 2.45) is 0 Å². The van der Waals surface area contributed by atoms with E-state index in [-0.39, 0.29) is 6.10 Å². The molecule has 0 aromatic heterocycles. The third kappa shape index (κ3) is 3.36. The fourth-order valence-electron chi connectivity index (χ4n) is 3.17. The Bertz CT molecular complexity index is 630. The van der Waals surface area contributed by atoms with Gasteiger partial charge in [-0.25, -0.2) is 13.1 Å². The van der Waals surface area contributed by atoms with E-state index < -0.39 is 10.0 Å². The minimum absolute atomic E-state index is 0.200. The van der Waals surface area contributed by atoms with Crippen LogP contribution in [0.3, 0.4) is 0 Å². The Morgan fingerprint density at radius 3 is 2.05 bits per heavy atom. The van der Waals surface area contributed by atoms with E-state index in [1.165, 1.54) is 5.56 Å². The van der Waals surface area contributed by atoms with Gasteiger partial charge in [0.25, 0.3) is 0 Å². The van der Waals surface area contributed by atoms with E-state index in [4.69, 9.17) is 4.74 Å². The standard InChI is InChI=1S/C17H27NO3S/c1-11-12(2)14(4)17(15(5)13(11)3)22(19,20)18-9-8-16-7-6-10-21-16/h16,18H,6-10H2,1-5H3. The van der Waals surface area contributed by atoms with E-state index >= 15 is 0 Å². The van der Waals surface area contributed by atoms with Crippen molar-refractivity contribution < 1.29 is 13.2 Å². The molecule has 1 heterocycles. The highest BCUT2D eigenvalue weighted by atomic mass is 32.2. The quantitative estimate of drug-likeness (QED) is 0.905. The van der Waals surface area contributed by atoms with E-state index in [0.717, 1.165) is 48.1 Å². The molecule has 124 valence electrons. The van der Waals surface area contributed by atoms with Gasteiger partial charge in [-0.05, 0) is 81.7 Å². The van der Waals surface area contributed by atoms with Gasteiger partial charge in [0.15, 0.2) is 0 Å². The number of hydrogen-bond donors (Lipinski definition) is 1. The van der Waals surface area contributed by atoms with E-state index in [1.54, 1.807) is 0 Å². The summed E-state index contributed by atoms with van der Waals surface area (Å²) in [5.74, 6) is 0. The van der Waals surface area contributed by atoms with Crippen molar-refractivity contribution in [3.05, 3.63) is 27.8 Å². The summed E-state index contributed by atoms with van der Waals surface area (Å²) in [6, 6.07) is 0. The molecule has 0 saturated carbocycles. The molecular weight excluding hydrogens is 298 g/mol. The van der Waals surface area contributed by atoms with Crippen LogP contribution in [0.2, 0.25) is 0 Å². The highest BCUT2D eigenvalue weighted by molar-refractivity contribution is 7.89.